The van der Waals surface area contributed by atoms with Gasteiger partial charge in [0.05, 0.1) is 9.92 Å². The largest absolute Gasteiger partial charge is 0.340 e. The second-order valence-corrected chi connectivity index (χ2v) is 8.80. The minimum atomic E-state index is -3.82. The summed E-state index contributed by atoms with van der Waals surface area (Å²) < 4.78 is 53.5. The Morgan fingerprint density at radius 2 is 1.68 bits per heavy atom. The molecule has 0 N–H and O–H groups in total. The van der Waals surface area contributed by atoms with Crippen molar-refractivity contribution in [1.82, 2.24) is 9.21 Å². The minimum Gasteiger partial charge on any atom is -0.340 e. The van der Waals surface area contributed by atoms with Crippen molar-refractivity contribution in [1.29, 1.82) is 0 Å². The van der Waals surface area contributed by atoms with Crippen LogP contribution >= 0.6 is 11.6 Å². The van der Waals surface area contributed by atoms with Crippen LogP contribution in [0.1, 0.15) is 12.0 Å². The van der Waals surface area contributed by atoms with Crippen LogP contribution < -0.4 is 0 Å². The van der Waals surface area contributed by atoms with Gasteiger partial charge in [0.1, 0.15) is 11.6 Å². The summed E-state index contributed by atoms with van der Waals surface area (Å²) in [6.07, 6.45) is 0.444. The summed E-state index contributed by atoms with van der Waals surface area (Å²) in [5.41, 5.74) is 0.477. The van der Waals surface area contributed by atoms with E-state index in [-0.39, 0.29) is 60.7 Å². The molecule has 0 unspecified atom stereocenters. The van der Waals surface area contributed by atoms with Crippen molar-refractivity contribution in [2.24, 2.45) is 0 Å². The fourth-order valence-corrected chi connectivity index (χ4v) is 4.76. The molecule has 1 fully saturated rings. The van der Waals surface area contributed by atoms with E-state index in [0.29, 0.717) is 5.56 Å². The third-order valence-corrected chi connectivity index (χ3v) is 6.87. The van der Waals surface area contributed by atoms with E-state index in [0.717, 1.165) is 12.1 Å². The SMILES string of the molecule is O=C(CCc1ccccc1F)N1CCN(S(=O)(=O)c2ccc(F)c(Cl)c2)CC1. The molecule has 5 nitrogen and oxygen atoms in total. The van der Waals surface area contributed by atoms with E-state index in [1.165, 1.54) is 16.4 Å². The first-order valence-electron chi connectivity index (χ1n) is 8.75. The first-order valence-corrected chi connectivity index (χ1v) is 10.6. The van der Waals surface area contributed by atoms with Gasteiger partial charge in [-0.15, -0.1) is 0 Å². The number of benzene rings is 2. The number of amides is 1. The molecule has 1 amide bonds. The molecule has 0 aromatic heterocycles. The van der Waals surface area contributed by atoms with Gasteiger partial charge in [-0.2, -0.15) is 4.31 Å². The number of nitrogens with zero attached hydrogens (tertiary/aromatic N) is 2. The van der Waals surface area contributed by atoms with E-state index in [9.17, 15) is 22.0 Å². The first kappa shape index (κ1) is 20.7. The summed E-state index contributed by atoms with van der Waals surface area (Å²) in [5.74, 6) is -1.18. The third-order valence-electron chi connectivity index (χ3n) is 4.69. The van der Waals surface area contributed by atoms with Gasteiger partial charge < -0.3 is 4.90 Å². The lowest BCUT2D eigenvalue weighted by atomic mass is 10.1. The second-order valence-electron chi connectivity index (χ2n) is 6.45. The highest BCUT2D eigenvalue weighted by atomic mass is 35.5. The fourth-order valence-electron chi connectivity index (χ4n) is 3.07. The Balaban J connectivity index is 1.58. The summed E-state index contributed by atoms with van der Waals surface area (Å²) in [5, 5.41) is -0.261. The molecule has 1 saturated heterocycles. The molecule has 0 atom stereocenters. The number of hydrogen-bond acceptors (Lipinski definition) is 3. The van der Waals surface area contributed by atoms with Gasteiger partial charge in [0, 0.05) is 32.6 Å². The molecule has 3 rings (SSSR count). The zero-order valence-corrected chi connectivity index (χ0v) is 16.5. The fraction of sp³-hybridized carbons (Fsp3) is 0.316. The van der Waals surface area contributed by atoms with E-state index in [4.69, 9.17) is 11.6 Å². The lowest BCUT2D eigenvalue weighted by Crippen LogP contribution is -2.50. The lowest BCUT2D eigenvalue weighted by molar-refractivity contribution is -0.132. The number of rotatable bonds is 5. The Kier molecular flexibility index (Phi) is 6.32. The van der Waals surface area contributed by atoms with Crippen molar-refractivity contribution in [2.45, 2.75) is 17.7 Å². The Labute approximate surface area is 167 Å². The van der Waals surface area contributed by atoms with Crippen LogP contribution in [-0.2, 0) is 21.2 Å². The molecule has 9 heteroatoms. The average Bonchev–Trinajstić information content (AvgIpc) is 2.69. The number of halogens is 3. The van der Waals surface area contributed by atoms with Gasteiger partial charge in [-0.05, 0) is 36.2 Å². The zero-order valence-electron chi connectivity index (χ0n) is 14.9. The van der Waals surface area contributed by atoms with E-state index in [2.05, 4.69) is 0 Å². The van der Waals surface area contributed by atoms with Crippen molar-refractivity contribution in [2.75, 3.05) is 26.2 Å². The summed E-state index contributed by atoms with van der Waals surface area (Å²) in [6.45, 7) is 0.736. The molecule has 0 saturated carbocycles. The first-order chi connectivity index (χ1) is 13.3. The molecule has 0 radical (unpaired) electrons. The van der Waals surface area contributed by atoms with Gasteiger partial charge in [0.15, 0.2) is 0 Å². The van der Waals surface area contributed by atoms with Gasteiger partial charge in [-0.25, -0.2) is 17.2 Å². The highest BCUT2D eigenvalue weighted by molar-refractivity contribution is 7.89. The standard InChI is InChI=1S/C19H19ClF2N2O3S/c20-16-13-15(6-7-18(16)22)28(26,27)24-11-9-23(10-12-24)19(25)8-5-14-3-1-2-4-17(14)21/h1-4,6-7,13H,5,8-12H2. The van der Waals surface area contributed by atoms with Gasteiger partial charge in [0.25, 0.3) is 0 Å². The number of sulfonamides is 1. The van der Waals surface area contributed by atoms with Gasteiger partial charge >= 0.3 is 0 Å². The molecule has 0 spiro atoms. The average molecular weight is 429 g/mol. The summed E-state index contributed by atoms with van der Waals surface area (Å²) in [6, 6.07) is 9.56. The van der Waals surface area contributed by atoms with Gasteiger partial charge in [0.2, 0.25) is 15.9 Å². The van der Waals surface area contributed by atoms with Gasteiger partial charge in [-0.3, -0.25) is 4.79 Å². The predicted molar refractivity (Wildman–Crippen MR) is 101 cm³/mol. The van der Waals surface area contributed by atoms with Crippen LogP contribution in [0.4, 0.5) is 8.78 Å². The number of piperazine rings is 1. The number of aryl methyl sites for hydroxylation is 1. The number of carbonyl (C=O) groups excluding carboxylic acids is 1. The highest BCUT2D eigenvalue weighted by Gasteiger charge is 2.30. The van der Waals surface area contributed by atoms with Crippen LogP contribution in [0.2, 0.25) is 5.02 Å². The van der Waals surface area contributed by atoms with Crippen LogP contribution in [-0.4, -0.2) is 49.7 Å². The molecule has 1 aliphatic heterocycles. The van der Waals surface area contributed by atoms with Gasteiger partial charge in [-0.1, -0.05) is 29.8 Å². The van der Waals surface area contributed by atoms with Crippen LogP contribution in [0.5, 0.6) is 0 Å². The van der Waals surface area contributed by atoms with Crippen LogP contribution in [0.15, 0.2) is 47.4 Å². The lowest BCUT2D eigenvalue weighted by Gasteiger charge is -2.34. The van der Waals surface area contributed by atoms with E-state index in [1.807, 2.05) is 0 Å². The smallest absolute Gasteiger partial charge is 0.243 e. The molecule has 28 heavy (non-hydrogen) atoms. The Bertz CT molecular complexity index is 977. The normalized spacial score (nSPS) is 15.6. The minimum absolute atomic E-state index is 0.0850. The maximum Gasteiger partial charge on any atom is 0.243 e. The van der Waals surface area contributed by atoms with Crippen molar-refractivity contribution < 1.29 is 22.0 Å². The monoisotopic (exact) mass is 428 g/mol. The zero-order chi connectivity index (χ0) is 20.3. The van der Waals surface area contributed by atoms with E-state index < -0.39 is 15.8 Å². The van der Waals surface area contributed by atoms with Crippen molar-refractivity contribution in [3.63, 3.8) is 0 Å². The van der Waals surface area contributed by atoms with Crippen molar-refractivity contribution in [3.8, 4) is 0 Å². The molecule has 1 aliphatic rings. The van der Waals surface area contributed by atoms with E-state index >= 15 is 0 Å². The maximum absolute atomic E-state index is 13.6. The molecule has 150 valence electrons. The molecule has 0 aliphatic carbocycles. The Morgan fingerprint density at radius 3 is 2.32 bits per heavy atom. The molecule has 2 aromatic rings. The van der Waals surface area contributed by atoms with Crippen LogP contribution in [0.25, 0.3) is 0 Å². The Hall–Kier alpha value is -2.03. The predicted octanol–water partition coefficient (Wildman–Crippen LogP) is 3.08. The summed E-state index contributed by atoms with van der Waals surface area (Å²) in [4.78, 5) is 13.9. The van der Waals surface area contributed by atoms with Crippen LogP contribution in [0, 0.1) is 11.6 Å². The topological polar surface area (TPSA) is 57.7 Å². The molecule has 0 bridgehead atoms. The maximum atomic E-state index is 13.6. The van der Waals surface area contributed by atoms with Crippen molar-refractivity contribution in [3.05, 3.63) is 64.7 Å². The van der Waals surface area contributed by atoms with E-state index in [1.54, 1.807) is 23.1 Å². The summed E-state index contributed by atoms with van der Waals surface area (Å²) >= 11 is 5.68. The summed E-state index contributed by atoms with van der Waals surface area (Å²) in [7, 11) is -3.82. The molecule has 2 aromatic carbocycles. The number of carbonyl (C=O) groups is 1. The van der Waals surface area contributed by atoms with Crippen molar-refractivity contribution >= 4 is 27.5 Å². The molecular weight excluding hydrogens is 410 g/mol. The van der Waals surface area contributed by atoms with Crippen LogP contribution in [0.3, 0.4) is 0 Å². The quantitative estimate of drug-likeness (QED) is 0.735. The number of hydrogen-bond donors (Lipinski definition) is 0. The molecular formula is C19H19ClF2N2O3S. The molecule has 1 heterocycles. The highest BCUT2D eigenvalue weighted by Crippen LogP contribution is 2.23. The second kappa shape index (κ2) is 8.55. The third kappa shape index (κ3) is 4.51. The Morgan fingerprint density at radius 1 is 1.00 bits per heavy atom.